The second kappa shape index (κ2) is 9.95. The second-order valence-corrected chi connectivity index (χ2v) is 8.17. The lowest BCUT2D eigenvalue weighted by atomic mass is 10.1. The molecule has 2 heterocycles. The van der Waals surface area contributed by atoms with Gasteiger partial charge in [0.2, 0.25) is 11.8 Å². The van der Waals surface area contributed by atoms with Crippen LogP contribution in [0.2, 0.25) is 0 Å². The Morgan fingerprint density at radius 3 is 2.45 bits per heavy atom. The van der Waals surface area contributed by atoms with E-state index in [1.54, 1.807) is 0 Å². The fourth-order valence-electron chi connectivity index (χ4n) is 4.28. The van der Waals surface area contributed by atoms with Gasteiger partial charge in [-0.2, -0.15) is 0 Å². The van der Waals surface area contributed by atoms with E-state index in [2.05, 4.69) is 4.74 Å². The number of rotatable bonds is 7. The van der Waals surface area contributed by atoms with Gasteiger partial charge in [-0.15, -0.1) is 0 Å². The van der Waals surface area contributed by atoms with Crippen LogP contribution in [0.5, 0.6) is 0 Å². The molecule has 33 heavy (non-hydrogen) atoms. The average Bonchev–Trinajstić information content (AvgIpc) is 3.45. The van der Waals surface area contributed by atoms with Crippen LogP contribution in [0.4, 0.5) is 5.69 Å². The molecule has 0 saturated carbocycles. The third-order valence-electron chi connectivity index (χ3n) is 5.99. The third kappa shape index (κ3) is 4.96. The highest BCUT2D eigenvalue weighted by atomic mass is 16.5. The van der Waals surface area contributed by atoms with Crippen molar-refractivity contribution in [1.29, 1.82) is 0 Å². The number of methoxy groups -OCH3 is 1. The number of anilines is 1. The van der Waals surface area contributed by atoms with E-state index >= 15 is 0 Å². The molecule has 0 aromatic heterocycles. The highest BCUT2D eigenvalue weighted by Gasteiger charge is 2.45. The Balaban J connectivity index is 1.56. The summed E-state index contributed by atoms with van der Waals surface area (Å²) in [4.78, 5) is 53.7. The summed E-state index contributed by atoms with van der Waals surface area (Å²) in [6.45, 7) is 0.895. The molecule has 172 valence electrons. The molecule has 2 aliphatic rings. The summed E-state index contributed by atoms with van der Waals surface area (Å²) in [5.41, 5.74) is 1.51. The maximum Gasteiger partial charge on any atom is 0.337 e. The highest BCUT2D eigenvalue weighted by molar-refractivity contribution is 6.23. The molecule has 2 atom stereocenters. The van der Waals surface area contributed by atoms with E-state index in [9.17, 15) is 19.2 Å². The number of benzene rings is 2. The number of nitrogens with zero attached hydrogens (tertiary/aromatic N) is 2. The van der Waals surface area contributed by atoms with Gasteiger partial charge >= 0.3 is 5.97 Å². The molecule has 4 rings (SSSR count). The quantitative estimate of drug-likeness (QED) is 0.475. The molecule has 2 fully saturated rings. The van der Waals surface area contributed by atoms with Gasteiger partial charge < -0.3 is 14.4 Å². The number of ether oxygens (including phenoxy) is 2. The minimum atomic E-state index is -0.891. The van der Waals surface area contributed by atoms with E-state index in [0.29, 0.717) is 17.9 Å². The Morgan fingerprint density at radius 2 is 1.82 bits per heavy atom. The Kier molecular flexibility index (Phi) is 6.84. The van der Waals surface area contributed by atoms with Crippen molar-refractivity contribution in [3.8, 4) is 0 Å². The summed E-state index contributed by atoms with van der Waals surface area (Å²) in [7, 11) is 1.28. The van der Waals surface area contributed by atoms with Crippen molar-refractivity contribution in [3.63, 3.8) is 0 Å². The van der Waals surface area contributed by atoms with Crippen LogP contribution in [0.3, 0.4) is 0 Å². The van der Waals surface area contributed by atoms with Gasteiger partial charge in [-0.3, -0.25) is 14.4 Å². The first-order chi connectivity index (χ1) is 16.0. The van der Waals surface area contributed by atoms with Gasteiger partial charge in [0, 0.05) is 13.2 Å². The van der Waals surface area contributed by atoms with Gasteiger partial charge in [0.05, 0.1) is 37.3 Å². The molecule has 0 radical (unpaired) electrons. The molecule has 3 amide bonds. The van der Waals surface area contributed by atoms with Crippen molar-refractivity contribution in [3.05, 3.63) is 65.7 Å². The molecular weight excluding hydrogens is 424 g/mol. The molecule has 0 aliphatic carbocycles. The lowest BCUT2D eigenvalue weighted by Gasteiger charge is -2.30. The number of imide groups is 1. The van der Waals surface area contributed by atoms with Crippen LogP contribution in [0.25, 0.3) is 0 Å². The lowest BCUT2D eigenvalue weighted by Crippen LogP contribution is -2.49. The average molecular weight is 450 g/mol. The van der Waals surface area contributed by atoms with Gasteiger partial charge in [0.15, 0.2) is 0 Å². The van der Waals surface area contributed by atoms with Crippen LogP contribution >= 0.6 is 0 Å². The van der Waals surface area contributed by atoms with E-state index < -0.39 is 17.9 Å². The van der Waals surface area contributed by atoms with Gasteiger partial charge in [-0.25, -0.2) is 9.69 Å². The molecule has 2 saturated heterocycles. The van der Waals surface area contributed by atoms with Gasteiger partial charge in [-0.05, 0) is 42.7 Å². The molecule has 2 aromatic rings. The van der Waals surface area contributed by atoms with Gasteiger partial charge in [0.25, 0.3) is 5.91 Å². The van der Waals surface area contributed by atoms with E-state index in [-0.39, 0.29) is 37.3 Å². The first-order valence-corrected chi connectivity index (χ1v) is 11.0. The normalized spacial score (nSPS) is 20.2. The van der Waals surface area contributed by atoms with Gasteiger partial charge in [-0.1, -0.05) is 30.3 Å². The van der Waals surface area contributed by atoms with E-state index in [4.69, 9.17) is 4.74 Å². The zero-order chi connectivity index (χ0) is 23.4. The van der Waals surface area contributed by atoms with Crippen LogP contribution in [0.1, 0.15) is 35.2 Å². The van der Waals surface area contributed by atoms with Crippen LogP contribution in [-0.2, 0) is 30.3 Å². The molecule has 0 N–H and O–H groups in total. The highest BCUT2D eigenvalue weighted by Crippen LogP contribution is 2.28. The predicted molar refractivity (Wildman–Crippen MR) is 120 cm³/mol. The van der Waals surface area contributed by atoms with Crippen LogP contribution in [-0.4, -0.2) is 61.0 Å². The van der Waals surface area contributed by atoms with Crippen molar-refractivity contribution < 1.29 is 28.7 Å². The van der Waals surface area contributed by atoms with Crippen molar-refractivity contribution in [2.75, 3.05) is 25.2 Å². The first kappa shape index (κ1) is 22.7. The minimum absolute atomic E-state index is 0.0924. The molecular formula is C25H26N2O6. The molecule has 2 aromatic carbocycles. The number of carbonyl (C=O) groups is 4. The largest absolute Gasteiger partial charge is 0.465 e. The fraction of sp³-hybridized carbons (Fsp3) is 0.360. The maximum atomic E-state index is 13.3. The molecule has 2 unspecified atom stereocenters. The van der Waals surface area contributed by atoms with E-state index in [1.165, 1.54) is 36.3 Å². The number of esters is 1. The molecule has 8 heteroatoms. The second-order valence-electron chi connectivity index (χ2n) is 8.17. The van der Waals surface area contributed by atoms with Crippen LogP contribution in [0.15, 0.2) is 54.6 Å². The number of hydrogen-bond donors (Lipinski definition) is 0. The minimum Gasteiger partial charge on any atom is -0.465 e. The number of amides is 3. The number of hydrogen-bond acceptors (Lipinski definition) is 6. The van der Waals surface area contributed by atoms with Crippen molar-refractivity contribution in [1.82, 2.24) is 4.90 Å². The predicted octanol–water partition coefficient (Wildman–Crippen LogP) is 2.36. The summed E-state index contributed by atoms with van der Waals surface area (Å²) in [6, 6.07) is 14.5. The maximum absolute atomic E-state index is 13.3. The Hall–Kier alpha value is -3.52. The standard InChI is InChI=1S/C25H26N2O6/c1-32-25(31)18-9-11-19(12-10-18)27-23(29)15-21(24(27)30)26(16-20-8-5-13-33-20)22(28)14-17-6-3-2-4-7-17/h2-4,6-7,9-12,20-21H,5,8,13-16H2,1H3. The summed E-state index contributed by atoms with van der Waals surface area (Å²) in [6.07, 6.45) is 1.61. The van der Waals surface area contributed by atoms with Crippen molar-refractivity contribution in [2.45, 2.75) is 37.8 Å². The third-order valence-corrected chi connectivity index (χ3v) is 5.99. The topological polar surface area (TPSA) is 93.2 Å². The summed E-state index contributed by atoms with van der Waals surface area (Å²) < 4.78 is 10.4. The summed E-state index contributed by atoms with van der Waals surface area (Å²) in [5, 5.41) is 0. The molecule has 2 aliphatic heterocycles. The van der Waals surface area contributed by atoms with Crippen molar-refractivity contribution in [2.24, 2.45) is 0 Å². The van der Waals surface area contributed by atoms with E-state index in [1.807, 2.05) is 30.3 Å². The Labute approximate surface area is 192 Å². The van der Waals surface area contributed by atoms with Gasteiger partial charge in [0.1, 0.15) is 6.04 Å². The molecule has 8 nitrogen and oxygen atoms in total. The van der Waals surface area contributed by atoms with Crippen LogP contribution in [0, 0.1) is 0 Å². The number of carbonyl (C=O) groups excluding carboxylic acids is 4. The summed E-state index contributed by atoms with van der Waals surface area (Å²) in [5.74, 6) is -1.57. The van der Waals surface area contributed by atoms with Crippen molar-refractivity contribution >= 4 is 29.4 Å². The lowest BCUT2D eigenvalue weighted by molar-refractivity contribution is -0.139. The summed E-state index contributed by atoms with van der Waals surface area (Å²) >= 11 is 0. The Bertz CT molecular complexity index is 1030. The smallest absolute Gasteiger partial charge is 0.337 e. The SMILES string of the molecule is COC(=O)c1ccc(N2C(=O)CC(N(CC3CCCO3)C(=O)Cc3ccccc3)C2=O)cc1. The zero-order valence-corrected chi connectivity index (χ0v) is 18.4. The zero-order valence-electron chi connectivity index (χ0n) is 18.4. The van der Waals surface area contributed by atoms with E-state index in [0.717, 1.165) is 23.3 Å². The fourth-order valence-corrected chi connectivity index (χ4v) is 4.28. The monoisotopic (exact) mass is 450 g/mol. The molecule has 0 spiro atoms. The van der Waals surface area contributed by atoms with Crippen LogP contribution < -0.4 is 4.90 Å². The Morgan fingerprint density at radius 1 is 1.09 bits per heavy atom. The first-order valence-electron chi connectivity index (χ1n) is 11.0. The molecule has 0 bridgehead atoms.